The minimum absolute atomic E-state index is 0.0212. The number of rotatable bonds is 9. The predicted molar refractivity (Wildman–Crippen MR) is 96.3 cm³/mol. The van der Waals surface area contributed by atoms with Gasteiger partial charge in [0.25, 0.3) is 6.43 Å². The summed E-state index contributed by atoms with van der Waals surface area (Å²) in [4.78, 5) is 28.5. The summed E-state index contributed by atoms with van der Waals surface area (Å²) in [7, 11) is -5.83. The van der Waals surface area contributed by atoms with Gasteiger partial charge in [0, 0.05) is 15.4 Å². The summed E-state index contributed by atoms with van der Waals surface area (Å²) in [5, 5.41) is 0.0212. The van der Waals surface area contributed by atoms with E-state index in [1.807, 2.05) is 0 Å². The van der Waals surface area contributed by atoms with Gasteiger partial charge in [0.05, 0.1) is 11.3 Å². The van der Waals surface area contributed by atoms with Crippen LogP contribution >= 0.6 is 34.9 Å². The Morgan fingerprint density at radius 2 is 1.96 bits per heavy atom. The number of benzene rings is 1. The van der Waals surface area contributed by atoms with Gasteiger partial charge in [-0.1, -0.05) is 0 Å². The Bertz CT molecular complexity index is 934. The van der Waals surface area contributed by atoms with Crippen LogP contribution in [0.2, 0.25) is 0 Å². The van der Waals surface area contributed by atoms with Crippen molar-refractivity contribution in [3.8, 4) is 5.75 Å². The molecular weight excluding hydrogens is 497 g/mol. The molecule has 1 aromatic carbocycles. The number of nitrogens with two attached hydrogens (primary N) is 1. The molecule has 0 aliphatic carbocycles. The predicted octanol–water partition coefficient (Wildman–Crippen LogP) is 3.65. The molecule has 0 radical (unpaired) electrons. The number of primary amides is 1. The van der Waals surface area contributed by atoms with Crippen LogP contribution in [0.3, 0.4) is 0 Å². The molecule has 156 valence electrons. The van der Waals surface area contributed by atoms with Crippen molar-refractivity contribution >= 4 is 50.9 Å². The fraction of sp³-hybridized carbons (Fsp3) is 0.357. The zero-order chi connectivity index (χ0) is 21.3. The summed E-state index contributed by atoms with van der Waals surface area (Å²) in [5.41, 5.74) is 0.612. The highest BCUT2D eigenvalue weighted by Gasteiger charge is 2.53. The second-order valence-corrected chi connectivity index (χ2v) is 8.82. The number of ether oxygens (including phenoxy) is 2. The third kappa shape index (κ3) is 4.84. The summed E-state index contributed by atoms with van der Waals surface area (Å²) < 4.78 is 73.3. The quantitative estimate of drug-likeness (QED) is 0.269. The average molecular weight is 510 g/mol. The van der Waals surface area contributed by atoms with E-state index in [0.717, 1.165) is 12.1 Å². The summed E-state index contributed by atoms with van der Waals surface area (Å²) in [6, 6.07) is 2.32. The maximum atomic E-state index is 14.2. The molecule has 1 amide bonds. The number of alkyl halides is 4. The minimum atomic E-state index is -5.83. The van der Waals surface area contributed by atoms with Crippen molar-refractivity contribution in [3.05, 3.63) is 27.0 Å². The molecule has 4 N–H and O–H groups in total. The third-order valence-corrected chi connectivity index (χ3v) is 6.83. The first kappa shape index (κ1) is 23.0. The minimum Gasteiger partial charge on any atom is -0.490 e. The lowest BCUT2D eigenvalue weighted by atomic mass is 10.1. The van der Waals surface area contributed by atoms with Crippen LogP contribution in [-0.2, 0) is 15.0 Å². The lowest BCUT2D eigenvalue weighted by molar-refractivity contribution is 0.00777. The van der Waals surface area contributed by atoms with Crippen molar-refractivity contribution in [2.24, 2.45) is 5.73 Å². The maximum Gasteiger partial charge on any atom is 0.400 e. The Morgan fingerprint density at radius 1 is 1.32 bits per heavy atom. The second kappa shape index (κ2) is 8.64. The van der Waals surface area contributed by atoms with Gasteiger partial charge in [0.2, 0.25) is 5.91 Å². The molecule has 0 atom stereocenters. The Hall–Kier alpha value is -1.24. The van der Waals surface area contributed by atoms with E-state index in [1.165, 1.54) is 0 Å². The Labute approximate surface area is 167 Å². The van der Waals surface area contributed by atoms with E-state index in [4.69, 9.17) is 20.3 Å². The second-order valence-electron chi connectivity index (χ2n) is 5.36. The molecule has 1 heterocycles. The van der Waals surface area contributed by atoms with Gasteiger partial charge in [0.1, 0.15) is 23.8 Å². The SMILES string of the molecule is NC(=O)c1cc(OCCOCC(F)F)c2sc(C(F)(F)P(=O)(O)O)c(Br)c2c1. The lowest BCUT2D eigenvalue weighted by Crippen LogP contribution is -2.13. The fourth-order valence-corrected chi connectivity index (χ4v) is 5.07. The van der Waals surface area contributed by atoms with Crippen LogP contribution < -0.4 is 10.5 Å². The Balaban J connectivity index is 2.47. The van der Waals surface area contributed by atoms with Crippen LogP contribution in [0.4, 0.5) is 17.6 Å². The number of amides is 1. The first-order chi connectivity index (χ1) is 12.9. The molecule has 0 fully saturated rings. The van der Waals surface area contributed by atoms with Crippen molar-refractivity contribution in [3.63, 3.8) is 0 Å². The van der Waals surface area contributed by atoms with Crippen LogP contribution in [0, 0.1) is 0 Å². The molecule has 2 aromatic rings. The molecule has 0 aliphatic rings. The van der Waals surface area contributed by atoms with Crippen LogP contribution in [0.1, 0.15) is 15.2 Å². The molecule has 0 saturated carbocycles. The average Bonchev–Trinajstić information content (AvgIpc) is 2.91. The van der Waals surface area contributed by atoms with E-state index in [2.05, 4.69) is 20.7 Å². The highest BCUT2D eigenvalue weighted by atomic mass is 79.9. The molecule has 7 nitrogen and oxygen atoms in total. The van der Waals surface area contributed by atoms with Gasteiger partial charge in [-0.2, -0.15) is 8.78 Å². The van der Waals surface area contributed by atoms with Crippen molar-refractivity contribution in [2.75, 3.05) is 19.8 Å². The number of carbonyl (C=O) groups is 1. The number of carbonyl (C=O) groups excluding carboxylic acids is 1. The van der Waals surface area contributed by atoms with E-state index in [0.29, 0.717) is 11.3 Å². The first-order valence-electron chi connectivity index (χ1n) is 7.34. The standard InChI is InChI=1S/C14H13BrF4NO6PS/c15-10-7-3-6(13(20)21)4-8(26-2-1-25-5-9(16)17)11(7)28-12(10)14(18,19)27(22,23)24/h3-4,9H,1-2,5H2,(H2,20,21)(H2,22,23,24). The molecule has 0 bridgehead atoms. The molecule has 0 spiro atoms. The molecular formula is C14H13BrF4NO6PS. The van der Waals surface area contributed by atoms with Gasteiger partial charge in [0.15, 0.2) is 0 Å². The molecule has 0 saturated heterocycles. The van der Waals surface area contributed by atoms with Crippen LogP contribution in [0.5, 0.6) is 5.75 Å². The maximum absolute atomic E-state index is 14.2. The number of fused-ring (bicyclic) bond motifs is 1. The fourth-order valence-electron chi connectivity index (χ4n) is 2.10. The first-order valence-corrected chi connectivity index (χ1v) is 10.6. The van der Waals surface area contributed by atoms with E-state index in [9.17, 15) is 26.9 Å². The summed E-state index contributed by atoms with van der Waals surface area (Å²) in [6.07, 6.45) is -2.67. The van der Waals surface area contributed by atoms with Gasteiger partial charge in [-0.25, -0.2) is 8.78 Å². The van der Waals surface area contributed by atoms with Gasteiger partial charge < -0.3 is 25.0 Å². The van der Waals surface area contributed by atoms with Crippen molar-refractivity contribution < 1.29 is 46.2 Å². The van der Waals surface area contributed by atoms with E-state index in [-0.39, 0.29) is 39.1 Å². The van der Waals surface area contributed by atoms with Crippen molar-refractivity contribution in [1.82, 2.24) is 0 Å². The molecule has 1 aromatic heterocycles. The van der Waals surface area contributed by atoms with Gasteiger partial charge in [-0.3, -0.25) is 9.36 Å². The highest BCUT2D eigenvalue weighted by Crippen LogP contribution is 2.63. The zero-order valence-corrected chi connectivity index (χ0v) is 17.0. The number of hydrogen-bond donors (Lipinski definition) is 3. The van der Waals surface area contributed by atoms with Gasteiger partial charge in [-0.15, -0.1) is 11.3 Å². The van der Waals surface area contributed by atoms with Crippen molar-refractivity contribution in [2.45, 2.75) is 12.1 Å². The number of thiophene rings is 1. The Kier molecular flexibility index (Phi) is 7.11. The summed E-state index contributed by atoms with van der Waals surface area (Å²) in [6.45, 7) is -1.31. The van der Waals surface area contributed by atoms with Crippen LogP contribution in [-0.4, -0.2) is 41.9 Å². The monoisotopic (exact) mass is 509 g/mol. The summed E-state index contributed by atoms with van der Waals surface area (Å²) in [5.74, 6) is -0.993. The van der Waals surface area contributed by atoms with E-state index in [1.54, 1.807) is 0 Å². The topological polar surface area (TPSA) is 119 Å². The Morgan fingerprint density at radius 3 is 2.50 bits per heavy atom. The molecule has 2 rings (SSSR count). The van der Waals surface area contributed by atoms with Gasteiger partial charge >= 0.3 is 13.3 Å². The number of halogens is 5. The largest absolute Gasteiger partial charge is 0.490 e. The van der Waals surface area contributed by atoms with Crippen molar-refractivity contribution in [1.29, 1.82) is 0 Å². The molecule has 14 heteroatoms. The van der Waals surface area contributed by atoms with Gasteiger partial charge in [-0.05, 0) is 28.1 Å². The smallest absolute Gasteiger partial charge is 0.400 e. The lowest BCUT2D eigenvalue weighted by Gasteiger charge is -2.16. The molecule has 28 heavy (non-hydrogen) atoms. The molecule has 0 aliphatic heterocycles. The normalized spacial score (nSPS) is 12.7. The zero-order valence-electron chi connectivity index (χ0n) is 13.7. The van der Waals surface area contributed by atoms with E-state index >= 15 is 0 Å². The molecule has 0 unspecified atom stereocenters. The highest BCUT2D eigenvalue weighted by molar-refractivity contribution is 9.10. The van der Waals surface area contributed by atoms with Crippen LogP contribution in [0.15, 0.2) is 16.6 Å². The van der Waals surface area contributed by atoms with Crippen LogP contribution in [0.25, 0.3) is 10.1 Å². The van der Waals surface area contributed by atoms with E-state index < -0.39 is 37.1 Å². The third-order valence-electron chi connectivity index (χ3n) is 3.35. The number of hydrogen-bond acceptors (Lipinski definition) is 5. The summed E-state index contributed by atoms with van der Waals surface area (Å²) >= 11 is 3.22.